The van der Waals surface area contributed by atoms with E-state index >= 15 is 0 Å². The van der Waals surface area contributed by atoms with E-state index in [1.165, 1.54) is 20.9 Å². The molecule has 0 spiro atoms. The molecule has 0 unspecified atom stereocenters. The van der Waals surface area contributed by atoms with Crippen molar-refractivity contribution in [2.45, 2.75) is 31.3 Å². The number of aryl methyl sites for hydroxylation is 2. The standard InChI is InChI=1S/C28H25NO3S/c1-19-8-5-9-20(2)26(19)33-17-7-11-21-10-6-12-22(18-21)25(30)15-16-29-27(31)23-13-3-4-14-24(23)28(29)32/h3-6,8-10,12-14,18,25,30H,15-17H2,1-2H3/t25-/m1/s1. The van der Waals surface area contributed by atoms with E-state index in [-0.39, 0.29) is 24.8 Å². The highest BCUT2D eigenvalue weighted by molar-refractivity contribution is 7.99. The van der Waals surface area contributed by atoms with E-state index in [9.17, 15) is 14.7 Å². The Labute approximate surface area is 198 Å². The number of rotatable bonds is 6. The van der Waals surface area contributed by atoms with E-state index in [4.69, 9.17) is 0 Å². The Morgan fingerprint density at radius 1 is 0.909 bits per heavy atom. The second-order valence-corrected chi connectivity index (χ2v) is 9.03. The van der Waals surface area contributed by atoms with Gasteiger partial charge in [0.2, 0.25) is 0 Å². The summed E-state index contributed by atoms with van der Waals surface area (Å²) >= 11 is 1.73. The number of carbonyl (C=O) groups excluding carboxylic acids is 2. The number of nitrogens with zero attached hydrogens (tertiary/aromatic N) is 1. The van der Waals surface area contributed by atoms with Crippen molar-refractivity contribution in [1.82, 2.24) is 4.90 Å². The fourth-order valence-electron chi connectivity index (χ4n) is 3.96. The smallest absolute Gasteiger partial charge is 0.261 e. The molecule has 1 atom stereocenters. The van der Waals surface area contributed by atoms with E-state index in [1.54, 1.807) is 36.0 Å². The molecule has 33 heavy (non-hydrogen) atoms. The molecule has 5 heteroatoms. The van der Waals surface area contributed by atoms with Gasteiger partial charge in [-0.2, -0.15) is 0 Å². The zero-order valence-corrected chi connectivity index (χ0v) is 19.5. The molecule has 1 aliphatic heterocycles. The van der Waals surface area contributed by atoms with Crippen molar-refractivity contribution in [2.24, 2.45) is 0 Å². The van der Waals surface area contributed by atoms with Crippen molar-refractivity contribution in [3.8, 4) is 11.8 Å². The van der Waals surface area contributed by atoms with Crippen molar-refractivity contribution in [2.75, 3.05) is 12.3 Å². The first-order chi connectivity index (χ1) is 16.0. The molecule has 4 rings (SSSR count). The van der Waals surface area contributed by atoms with Crippen molar-refractivity contribution >= 4 is 23.6 Å². The highest BCUT2D eigenvalue weighted by atomic mass is 32.2. The predicted octanol–water partition coefficient (Wildman–Crippen LogP) is 5.17. The van der Waals surface area contributed by atoms with Gasteiger partial charge < -0.3 is 5.11 Å². The Kier molecular flexibility index (Phi) is 6.98. The highest BCUT2D eigenvalue weighted by Crippen LogP contribution is 2.26. The first-order valence-corrected chi connectivity index (χ1v) is 11.9. The third-order valence-corrected chi connectivity index (χ3v) is 6.93. The number of imide groups is 1. The lowest BCUT2D eigenvalue weighted by molar-refractivity contribution is 0.0622. The average Bonchev–Trinajstić information content (AvgIpc) is 3.06. The Hall–Kier alpha value is -3.33. The van der Waals surface area contributed by atoms with Crippen molar-refractivity contribution in [1.29, 1.82) is 0 Å². The lowest BCUT2D eigenvalue weighted by Crippen LogP contribution is -2.31. The monoisotopic (exact) mass is 455 g/mol. The number of hydrogen-bond acceptors (Lipinski definition) is 4. The maximum absolute atomic E-state index is 12.5. The van der Waals surface area contributed by atoms with Crippen LogP contribution < -0.4 is 0 Å². The molecule has 4 nitrogen and oxygen atoms in total. The number of amides is 2. The lowest BCUT2D eigenvalue weighted by atomic mass is 10.0. The van der Waals surface area contributed by atoms with E-state index in [0.29, 0.717) is 16.9 Å². The molecule has 0 saturated heterocycles. The molecule has 0 aliphatic carbocycles. The van der Waals surface area contributed by atoms with Crippen LogP contribution in [0.2, 0.25) is 0 Å². The van der Waals surface area contributed by atoms with Crippen LogP contribution in [0.15, 0.2) is 71.6 Å². The second kappa shape index (κ2) is 10.1. The van der Waals surface area contributed by atoms with Gasteiger partial charge in [-0.05, 0) is 61.2 Å². The summed E-state index contributed by atoms with van der Waals surface area (Å²) in [4.78, 5) is 27.5. The quantitative estimate of drug-likeness (QED) is 0.317. The Bertz CT molecular complexity index is 1220. The predicted molar refractivity (Wildman–Crippen MR) is 131 cm³/mol. The molecule has 0 saturated carbocycles. The molecule has 0 aromatic heterocycles. The summed E-state index contributed by atoms with van der Waals surface area (Å²) in [6.07, 6.45) is -0.523. The third kappa shape index (κ3) is 5.03. The Morgan fingerprint density at radius 3 is 2.21 bits per heavy atom. The molecule has 0 bridgehead atoms. The number of aliphatic hydroxyl groups is 1. The summed E-state index contributed by atoms with van der Waals surface area (Å²) in [5.74, 6) is 6.45. The van der Waals surface area contributed by atoms with E-state index < -0.39 is 6.10 Å². The number of aliphatic hydroxyl groups excluding tert-OH is 1. The zero-order chi connectivity index (χ0) is 23.4. The van der Waals surface area contributed by atoms with Crippen LogP contribution in [0.5, 0.6) is 0 Å². The summed E-state index contributed by atoms with van der Waals surface area (Å²) in [6.45, 7) is 4.38. The van der Waals surface area contributed by atoms with Crippen LogP contribution in [-0.2, 0) is 0 Å². The van der Waals surface area contributed by atoms with Gasteiger partial charge in [0.1, 0.15) is 0 Å². The van der Waals surface area contributed by atoms with E-state index in [1.807, 2.05) is 24.3 Å². The van der Waals surface area contributed by atoms with Gasteiger partial charge in [0.25, 0.3) is 11.8 Å². The van der Waals surface area contributed by atoms with Crippen LogP contribution in [-0.4, -0.2) is 34.1 Å². The zero-order valence-electron chi connectivity index (χ0n) is 18.7. The van der Waals surface area contributed by atoms with Gasteiger partial charge in [-0.3, -0.25) is 14.5 Å². The maximum Gasteiger partial charge on any atom is 0.261 e. The van der Waals surface area contributed by atoms with Gasteiger partial charge in [0.05, 0.1) is 23.0 Å². The summed E-state index contributed by atoms with van der Waals surface area (Å²) < 4.78 is 0. The van der Waals surface area contributed by atoms with Gasteiger partial charge in [-0.15, -0.1) is 11.8 Å². The summed E-state index contributed by atoms with van der Waals surface area (Å²) in [6, 6.07) is 20.6. The second-order valence-electron chi connectivity index (χ2n) is 8.05. The SMILES string of the molecule is Cc1cccc(C)c1SCC#Cc1cccc([C@H](O)CCN2C(=O)c3ccccc3C2=O)c1. The number of hydrogen-bond donors (Lipinski definition) is 1. The molecule has 3 aromatic carbocycles. The summed E-state index contributed by atoms with van der Waals surface area (Å²) in [5.41, 5.74) is 4.91. The van der Waals surface area contributed by atoms with Crippen LogP contribution in [0.25, 0.3) is 0 Å². The van der Waals surface area contributed by atoms with Gasteiger partial charge in [0.15, 0.2) is 0 Å². The number of thioether (sulfide) groups is 1. The summed E-state index contributed by atoms with van der Waals surface area (Å²) in [7, 11) is 0. The summed E-state index contributed by atoms with van der Waals surface area (Å²) in [5, 5.41) is 10.7. The van der Waals surface area contributed by atoms with Crippen molar-refractivity contribution in [3.63, 3.8) is 0 Å². The molecular formula is C28H25NO3S. The minimum absolute atomic E-state index is 0.163. The van der Waals surface area contributed by atoms with Gasteiger partial charge in [-0.1, -0.05) is 54.3 Å². The van der Waals surface area contributed by atoms with Gasteiger partial charge in [0, 0.05) is 17.0 Å². The fraction of sp³-hybridized carbons (Fsp3) is 0.214. The minimum atomic E-state index is -0.792. The number of carbonyl (C=O) groups is 2. The average molecular weight is 456 g/mol. The number of benzene rings is 3. The van der Waals surface area contributed by atoms with Crippen LogP contribution in [0.4, 0.5) is 0 Å². The van der Waals surface area contributed by atoms with Crippen molar-refractivity contribution < 1.29 is 14.7 Å². The third-order valence-electron chi connectivity index (χ3n) is 5.71. The molecule has 0 radical (unpaired) electrons. The highest BCUT2D eigenvalue weighted by Gasteiger charge is 2.35. The fourth-order valence-corrected chi connectivity index (χ4v) is 4.84. The van der Waals surface area contributed by atoms with Crippen LogP contribution >= 0.6 is 11.8 Å². The topological polar surface area (TPSA) is 57.6 Å². The van der Waals surface area contributed by atoms with Crippen LogP contribution in [0, 0.1) is 25.7 Å². The Balaban J connectivity index is 1.36. The molecule has 1 aliphatic rings. The first-order valence-electron chi connectivity index (χ1n) is 10.9. The molecule has 1 N–H and O–H groups in total. The van der Waals surface area contributed by atoms with E-state index in [0.717, 1.165) is 11.1 Å². The molecule has 2 amide bonds. The van der Waals surface area contributed by atoms with Crippen LogP contribution in [0.3, 0.4) is 0 Å². The largest absolute Gasteiger partial charge is 0.388 e. The van der Waals surface area contributed by atoms with Gasteiger partial charge >= 0.3 is 0 Å². The lowest BCUT2D eigenvalue weighted by Gasteiger charge is -2.17. The molecule has 1 heterocycles. The van der Waals surface area contributed by atoms with E-state index in [2.05, 4.69) is 43.9 Å². The normalized spacial score (nSPS) is 13.5. The first kappa shape index (κ1) is 22.8. The molecule has 3 aromatic rings. The van der Waals surface area contributed by atoms with Crippen molar-refractivity contribution in [3.05, 3.63) is 100 Å². The number of fused-ring (bicyclic) bond motifs is 1. The van der Waals surface area contributed by atoms with Crippen LogP contribution in [0.1, 0.15) is 55.5 Å². The van der Waals surface area contributed by atoms with Gasteiger partial charge in [-0.25, -0.2) is 0 Å². The molecular weight excluding hydrogens is 430 g/mol. The maximum atomic E-state index is 12.5. The Morgan fingerprint density at radius 2 is 1.55 bits per heavy atom. The minimum Gasteiger partial charge on any atom is -0.388 e. The molecule has 166 valence electrons. The molecule has 0 fully saturated rings.